The maximum absolute atomic E-state index is 11.2. The van der Waals surface area contributed by atoms with E-state index in [1.165, 1.54) is 78.4 Å². The van der Waals surface area contributed by atoms with E-state index in [1.807, 2.05) is 14.4 Å². The molecule has 45 heavy (non-hydrogen) atoms. The van der Waals surface area contributed by atoms with Crippen LogP contribution in [0.4, 0.5) is 0 Å². The molecule has 0 aromatic heterocycles. The van der Waals surface area contributed by atoms with Crippen molar-refractivity contribution in [3.63, 3.8) is 0 Å². The summed E-state index contributed by atoms with van der Waals surface area (Å²) in [6.45, 7) is 15.1. The van der Waals surface area contributed by atoms with Gasteiger partial charge in [0, 0.05) is 22.8 Å². The number of aryl methyl sites for hydroxylation is 6. The molecule has 1 aliphatic rings. The Morgan fingerprint density at radius 1 is 0.600 bits per heavy atom. The van der Waals surface area contributed by atoms with Gasteiger partial charge in [-0.15, -0.1) is 0 Å². The molecule has 0 radical (unpaired) electrons. The molecule has 0 N–H and O–H groups in total. The molecule has 0 saturated carbocycles. The van der Waals surface area contributed by atoms with Crippen LogP contribution in [0.3, 0.4) is 0 Å². The van der Waals surface area contributed by atoms with Crippen molar-refractivity contribution < 1.29 is 19.1 Å². The summed E-state index contributed by atoms with van der Waals surface area (Å²) in [7, 11) is 0. The third kappa shape index (κ3) is 9.24. The van der Waals surface area contributed by atoms with Crippen molar-refractivity contribution in [2.45, 2.75) is 91.4 Å². The second-order valence-electron chi connectivity index (χ2n) is 12.2. The Morgan fingerprint density at radius 2 is 1.04 bits per heavy atom. The molecule has 0 amide bonds. The summed E-state index contributed by atoms with van der Waals surface area (Å²) < 4.78 is 1.41. The van der Waals surface area contributed by atoms with Crippen molar-refractivity contribution in [1.29, 1.82) is 0 Å². The first-order valence-corrected chi connectivity index (χ1v) is 17.7. The average molecular weight is 642 g/mol. The summed E-state index contributed by atoms with van der Waals surface area (Å²) >= 11 is 1.86. The van der Waals surface area contributed by atoms with Crippen LogP contribution in [0.25, 0.3) is 16.9 Å². The molecular weight excluding hydrogens is 591 g/mol. The molecule has 0 bridgehead atoms. The molecule has 0 aliphatic carbocycles. The van der Waals surface area contributed by atoms with E-state index in [1.54, 1.807) is 0 Å². The van der Waals surface area contributed by atoms with Crippen molar-refractivity contribution in [2.24, 2.45) is 0 Å². The quantitative estimate of drug-likeness (QED) is 0.0885. The van der Waals surface area contributed by atoms with Crippen molar-refractivity contribution in [1.82, 2.24) is 0 Å². The first-order valence-electron chi connectivity index (χ1n) is 16.3. The molecule has 1 aliphatic heterocycles. The first kappa shape index (κ1) is 34.3. The summed E-state index contributed by atoms with van der Waals surface area (Å²) in [4.78, 5) is 0. The van der Waals surface area contributed by atoms with Gasteiger partial charge in [-0.3, -0.25) is 0 Å². The number of nitrogens with zero attached hydrogens (tertiary/aromatic N) is 2. The van der Waals surface area contributed by atoms with E-state index >= 15 is 0 Å². The monoisotopic (exact) mass is 640 g/mol. The van der Waals surface area contributed by atoms with Crippen LogP contribution in [0.1, 0.15) is 81.8 Å². The molecule has 0 unspecified atom stereocenters. The molecule has 0 saturated heterocycles. The van der Waals surface area contributed by atoms with Crippen LogP contribution in [0.15, 0.2) is 96.6 Å². The van der Waals surface area contributed by atoms with E-state index in [9.17, 15) is 5.53 Å². The van der Waals surface area contributed by atoms with Crippen LogP contribution in [0.5, 0.6) is 0 Å². The predicted molar refractivity (Wildman–Crippen MR) is 189 cm³/mol. The molecule has 2 nitrogen and oxygen atoms in total. The fourth-order valence-corrected chi connectivity index (χ4v) is 6.81. The summed E-state index contributed by atoms with van der Waals surface area (Å²) in [5.41, 5.74) is 27.0. The molecule has 0 fully saturated rings. The topological polar surface area (TPSA) is 25.3 Å². The molecule has 5 rings (SSSR count). The van der Waals surface area contributed by atoms with Crippen LogP contribution >= 0.6 is 0 Å². The zero-order valence-corrected chi connectivity index (χ0v) is 29.3. The van der Waals surface area contributed by atoms with Crippen LogP contribution < -0.4 is 0 Å². The van der Waals surface area contributed by atoms with Crippen molar-refractivity contribution in [3.05, 3.63) is 158 Å². The number of unbranched alkanes of at least 4 members (excludes halogenated alkanes) is 1. The zero-order chi connectivity index (χ0) is 32.3. The Morgan fingerprint density at radius 3 is 1.49 bits per heavy atom. The van der Waals surface area contributed by atoms with Crippen LogP contribution in [0.2, 0.25) is 10.8 Å². The Kier molecular flexibility index (Phi) is 12.7. The van der Waals surface area contributed by atoms with Crippen LogP contribution in [-0.2, 0) is 27.3 Å². The van der Waals surface area contributed by atoms with Gasteiger partial charge in [-0.25, -0.2) is 4.70 Å². The third-order valence-electron chi connectivity index (χ3n) is 8.92. The minimum atomic E-state index is 0.878. The minimum absolute atomic E-state index is 0.878. The Balaban J connectivity index is 0.000000231. The summed E-state index contributed by atoms with van der Waals surface area (Å²) in [6.07, 6.45) is 7.79. The van der Waals surface area contributed by atoms with Crippen molar-refractivity contribution >= 4 is 11.4 Å². The van der Waals surface area contributed by atoms with Gasteiger partial charge in [0.1, 0.15) is 0 Å². The van der Waals surface area contributed by atoms with E-state index in [0.29, 0.717) is 0 Å². The van der Waals surface area contributed by atoms with E-state index in [4.69, 9.17) is 0 Å². The van der Waals surface area contributed by atoms with Gasteiger partial charge < -0.3 is 5.53 Å². The molecule has 4 aromatic rings. The SMILES string of the molecule is CCCCC1=C(c2cc(C)c(C)c(C)c2)[N+](=[N-])C(c2cc(C)c(C)c(C)c2)=C1.c1ccc(C[CH2][Ni][CH2]Cc2ccccc2)cc1. The van der Waals surface area contributed by atoms with Crippen LogP contribution in [0, 0.1) is 41.5 Å². The zero-order valence-electron chi connectivity index (χ0n) is 28.3. The summed E-state index contributed by atoms with van der Waals surface area (Å²) in [6, 6.07) is 30.2. The standard InChI is InChI=1S/C26H32N2.2C8H9.Ni/c1-8-9-10-22-15-25(23-11-16(2)20(6)17(3)12-23)28(27)26(22)24-13-18(4)21(7)19(5)14-24;2*1-2-8-6-4-3-5-7-8;/h11-15H,8-10H2,1-7H3;2*3-7H,1-2H2;. The summed E-state index contributed by atoms with van der Waals surface area (Å²) in [5, 5.41) is 2.48. The van der Waals surface area contributed by atoms with Gasteiger partial charge >= 0.3 is 110 Å². The van der Waals surface area contributed by atoms with E-state index < -0.39 is 0 Å². The number of benzene rings is 4. The maximum atomic E-state index is 11.2. The summed E-state index contributed by atoms with van der Waals surface area (Å²) in [5.74, 6) is 0. The molecular formula is C42H50N2Ni. The number of allylic oxidation sites excluding steroid dienone is 2. The van der Waals surface area contributed by atoms with E-state index in [2.05, 4.69) is 139 Å². The third-order valence-corrected chi connectivity index (χ3v) is 10.1. The molecule has 4 aromatic carbocycles. The Bertz CT molecular complexity index is 1570. The van der Waals surface area contributed by atoms with Crippen molar-refractivity contribution in [3.8, 4) is 0 Å². The Hall–Kier alpha value is -3.55. The van der Waals surface area contributed by atoms with Crippen LogP contribution in [-0.4, -0.2) is 4.70 Å². The molecule has 0 atom stereocenters. The second-order valence-corrected chi connectivity index (χ2v) is 13.7. The fourth-order valence-electron chi connectivity index (χ4n) is 5.64. The van der Waals surface area contributed by atoms with Gasteiger partial charge in [-0.05, 0) is 112 Å². The van der Waals surface area contributed by atoms with Gasteiger partial charge in [0.2, 0.25) is 11.4 Å². The predicted octanol–water partition coefficient (Wildman–Crippen LogP) is 11.9. The van der Waals surface area contributed by atoms with Gasteiger partial charge in [-0.1, -0.05) is 13.3 Å². The van der Waals surface area contributed by atoms with Gasteiger partial charge in [-0.2, -0.15) is 0 Å². The molecule has 0 spiro atoms. The molecule has 1 heterocycles. The van der Waals surface area contributed by atoms with E-state index in [0.717, 1.165) is 41.8 Å². The number of hydrogen-bond donors (Lipinski definition) is 0. The fraction of sp³-hybridized carbons (Fsp3) is 0.333. The van der Waals surface area contributed by atoms with Gasteiger partial charge in [0.15, 0.2) is 0 Å². The second kappa shape index (κ2) is 16.7. The van der Waals surface area contributed by atoms with Gasteiger partial charge in [0.05, 0.1) is 0 Å². The number of hydrogen-bond acceptors (Lipinski definition) is 0. The normalized spacial score (nSPS) is 12.8. The van der Waals surface area contributed by atoms with Crippen molar-refractivity contribution in [2.75, 3.05) is 0 Å². The molecule has 3 heteroatoms. The first-order chi connectivity index (χ1) is 21.7. The number of rotatable bonds is 11. The Labute approximate surface area is 278 Å². The van der Waals surface area contributed by atoms with Gasteiger partial charge in [0.25, 0.3) is 0 Å². The average Bonchev–Trinajstić information content (AvgIpc) is 3.37. The molecule has 238 valence electrons. The van der Waals surface area contributed by atoms with E-state index in [-0.39, 0.29) is 0 Å².